The van der Waals surface area contributed by atoms with Crippen LogP contribution in [0.25, 0.3) is 0 Å². The summed E-state index contributed by atoms with van der Waals surface area (Å²) in [6.07, 6.45) is 8.28. The second-order valence-corrected chi connectivity index (χ2v) is 6.61. The Kier molecular flexibility index (Phi) is 6.73. The van der Waals surface area contributed by atoms with Gasteiger partial charge in [0, 0.05) is 12.2 Å². The van der Waals surface area contributed by atoms with Crippen LogP contribution in [0.5, 0.6) is 0 Å². The molecule has 0 fully saturated rings. The average Bonchev–Trinajstić information content (AvgIpc) is 2.75. The lowest BCUT2D eigenvalue weighted by Crippen LogP contribution is -2.15. The zero-order valence-corrected chi connectivity index (χ0v) is 15.9. The van der Waals surface area contributed by atoms with E-state index < -0.39 is 5.97 Å². The first-order chi connectivity index (χ1) is 13.7. The van der Waals surface area contributed by atoms with Crippen LogP contribution in [0.15, 0.2) is 48.0 Å². The van der Waals surface area contributed by atoms with Crippen LogP contribution in [0.4, 0.5) is 11.5 Å². The van der Waals surface area contributed by atoms with E-state index in [0.29, 0.717) is 17.1 Å². The van der Waals surface area contributed by atoms with Gasteiger partial charge in [0.25, 0.3) is 5.91 Å². The summed E-state index contributed by atoms with van der Waals surface area (Å²) in [5, 5.41) is 14.0. The Morgan fingerprint density at radius 3 is 2.54 bits per heavy atom. The highest BCUT2D eigenvalue weighted by atomic mass is 16.5. The molecule has 0 spiro atoms. The van der Waals surface area contributed by atoms with Crippen molar-refractivity contribution in [2.24, 2.45) is 0 Å². The van der Waals surface area contributed by atoms with E-state index in [1.54, 1.807) is 36.4 Å². The highest BCUT2D eigenvalue weighted by Crippen LogP contribution is 2.20. The molecule has 0 aliphatic heterocycles. The number of ether oxygens (including phenoxy) is 1. The Balaban J connectivity index is 1.50. The molecule has 0 radical (unpaired) electrons. The van der Waals surface area contributed by atoms with Gasteiger partial charge in [0.2, 0.25) is 0 Å². The number of allylic oxidation sites excluding steroid dienone is 1. The number of esters is 1. The number of nitrogens with one attached hydrogen (secondary N) is 2. The van der Waals surface area contributed by atoms with E-state index in [9.17, 15) is 9.59 Å². The number of hydrogen-bond donors (Lipinski definition) is 2. The molecule has 1 aliphatic carbocycles. The van der Waals surface area contributed by atoms with Crippen molar-refractivity contribution >= 4 is 23.4 Å². The SMILES string of the molecule is COC(=O)c1ccc(NC(=O)c2ccc(NCCC3=CCCCC3)nn2)cc1. The molecule has 1 aromatic heterocycles. The van der Waals surface area contributed by atoms with Crippen molar-refractivity contribution in [2.45, 2.75) is 32.1 Å². The minimum atomic E-state index is -0.424. The lowest BCUT2D eigenvalue weighted by atomic mass is 9.97. The molecule has 0 atom stereocenters. The maximum atomic E-state index is 12.3. The van der Waals surface area contributed by atoms with Gasteiger partial charge in [-0.1, -0.05) is 11.6 Å². The fourth-order valence-corrected chi connectivity index (χ4v) is 3.03. The third kappa shape index (κ3) is 5.39. The van der Waals surface area contributed by atoms with Crippen molar-refractivity contribution in [1.82, 2.24) is 10.2 Å². The standard InChI is InChI=1S/C21H24N4O3/c1-28-21(27)16-7-9-17(10-8-16)23-20(26)18-11-12-19(25-24-18)22-14-13-15-5-3-2-4-6-15/h5,7-12H,2-4,6,13-14H2,1H3,(H,22,25)(H,23,26). The van der Waals surface area contributed by atoms with Crippen LogP contribution in [0.2, 0.25) is 0 Å². The summed E-state index contributed by atoms with van der Waals surface area (Å²) >= 11 is 0. The Hall–Kier alpha value is -3.22. The predicted octanol–water partition coefficient (Wildman–Crippen LogP) is 3.82. The zero-order valence-electron chi connectivity index (χ0n) is 15.9. The van der Waals surface area contributed by atoms with Gasteiger partial charge in [-0.15, -0.1) is 10.2 Å². The minimum Gasteiger partial charge on any atom is -0.465 e. The molecule has 2 aromatic rings. The number of carbonyl (C=O) groups excluding carboxylic acids is 2. The fourth-order valence-electron chi connectivity index (χ4n) is 3.03. The number of carbonyl (C=O) groups is 2. The second-order valence-electron chi connectivity index (χ2n) is 6.61. The van der Waals surface area contributed by atoms with Gasteiger partial charge < -0.3 is 15.4 Å². The molecule has 1 amide bonds. The van der Waals surface area contributed by atoms with Crippen molar-refractivity contribution in [2.75, 3.05) is 24.3 Å². The van der Waals surface area contributed by atoms with Gasteiger partial charge in [0.15, 0.2) is 5.69 Å². The quantitative estimate of drug-likeness (QED) is 0.560. The van der Waals surface area contributed by atoms with Crippen molar-refractivity contribution < 1.29 is 14.3 Å². The summed E-state index contributed by atoms with van der Waals surface area (Å²) in [5.74, 6) is -0.140. The molecular weight excluding hydrogens is 356 g/mol. The Morgan fingerprint density at radius 1 is 1.07 bits per heavy atom. The first-order valence-corrected chi connectivity index (χ1v) is 9.41. The van der Waals surface area contributed by atoms with Crippen LogP contribution >= 0.6 is 0 Å². The van der Waals surface area contributed by atoms with E-state index in [4.69, 9.17) is 0 Å². The number of amides is 1. The molecule has 28 heavy (non-hydrogen) atoms. The molecule has 0 unspecified atom stereocenters. The van der Waals surface area contributed by atoms with Crippen molar-refractivity contribution in [3.05, 3.63) is 59.3 Å². The fraction of sp³-hybridized carbons (Fsp3) is 0.333. The highest BCUT2D eigenvalue weighted by molar-refractivity contribution is 6.03. The summed E-state index contributed by atoms with van der Waals surface area (Å²) in [6, 6.07) is 9.82. The van der Waals surface area contributed by atoms with Crippen LogP contribution in [0.3, 0.4) is 0 Å². The van der Waals surface area contributed by atoms with E-state index in [1.165, 1.54) is 38.4 Å². The maximum absolute atomic E-state index is 12.3. The van der Waals surface area contributed by atoms with Crippen molar-refractivity contribution in [1.29, 1.82) is 0 Å². The predicted molar refractivity (Wildman–Crippen MR) is 107 cm³/mol. The summed E-state index contributed by atoms with van der Waals surface area (Å²) in [4.78, 5) is 23.7. The molecule has 0 saturated carbocycles. The van der Waals surface area contributed by atoms with Gasteiger partial charge in [-0.3, -0.25) is 4.79 Å². The molecule has 3 rings (SSSR count). The monoisotopic (exact) mass is 380 g/mol. The van der Waals surface area contributed by atoms with E-state index in [2.05, 4.69) is 31.6 Å². The number of methoxy groups -OCH3 is 1. The highest BCUT2D eigenvalue weighted by Gasteiger charge is 2.10. The molecule has 7 heteroatoms. The van der Waals surface area contributed by atoms with Gasteiger partial charge in [-0.25, -0.2) is 4.79 Å². The number of benzene rings is 1. The maximum Gasteiger partial charge on any atom is 0.337 e. The van der Waals surface area contributed by atoms with Gasteiger partial charge in [-0.05, 0) is 68.5 Å². The van der Waals surface area contributed by atoms with Crippen LogP contribution in [-0.2, 0) is 4.74 Å². The molecule has 2 N–H and O–H groups in total. The number of nitrogens with zero attached hydrogens (tertiary/aromatic N) is 2. The number of anilines is 2. The first kappa shape index (κ1) is 19.5. The largest absolute Gasteiger partial charge is 0.465 e. The molecule has 1 heterocycles. The number of rotatable bonds is 7. The molecule has 0 saturated heterocycles. The summed E-state index contributed by atoms with van der Waals surface area (Å²) in [6.45, 7) is 0.804. The lowest BCUT2D eigenvalue weighted by molar-refractivity contribution is 0.0600. The van der Waals surface area contributed by atoms with Gasteiger partial charge >= 0.3 is 5.97 Å². The molecular formula is C21H24N4O3. The Labute approximate surface area is 164 Å². The normalized spacial score (nSPS) is 13.4. The molecule has 1 aliphatic rings. The number of aromatic nitrogens is 2. The van der Waals surface area contributed by atoms with E-state index in [-0.39, 0.29) is 11.6 Å². The topological polar surface area (TPSA) is 93.2 Å². The lowest BCUT2D eigenvalue weighted by Gasteiger charge is -2.13. The van der Waals surface area contributed by atoms with Gasteiger partial charge in [-0.2, -0.15) is 0 Å². The van der Waals surface area contributed by atoms with Crippen LogP contribution in [-0.4, -0.2) is 35.7 Å². The third-order valence-corrected chi connectivity index (χ3v) is 4.60. The van der Waals surface area contributed by atoms with Crippen LogP contribution < -0.4 is 10.6 Å². The first-order valence-electron chi connectivity index (χ1n) is 9.41. The van der Waals surface area contributed by atoms with Crippen LogP contribution in [0.1, 0.15) is 53.0 Å². The second kappa shape index (κ2) is 9.64. The van der Waals surface area contributed by atoms with E-state index in [0.717, 1.165) is 13.0 Å². The van der Waals surface area contributed by atoms with Crippen LogP contribution in [0, 0.1) is 0 Å². The molecule has 1 aromatic carbocycles. The summed E-state index contributed by atoms with van der Waals surface area (Å²) < 4.78 is 4.65. The summed E-state index contributed by atoms with van der Waals surface area (Å²) in [5.41, 5.74) is 2.70. The Morgan fingerprint density at radius 2 is 1.89 bits per heavy atom. The van der Waals surface area contributed by atoms with Crippen molar-refractivity contribution in [3.8, 4) is 0 Å². The summed E-state index contributed by atoms with van der Waals surface area (Å²) in [7, 11) is 1.32. The molecule has 0 bridgehead atoms. The third-order valence-electron chi connectivity index (χ3n) is 4.60. The average molecular weight is 380 g/mol. The van der Waals surface area contributed by atoms with E-state index in [1.807, 2.05) is 0 Å². The zero-order chi connectivity index (χ0) is 19.8. The van der Waals surface area contributed by atoms with E-state index >= 15 is 0 Å². The molecule has 7 nitrogen and oxygen atoms in total. The minimum absolute atomic E-state index is 0.220. The van der Waals surface area contributed by atoms with Gasteiger partial charge in [0.1, 0.15) is 5.82 Å². The smallest absolute Gasteiger partial charge is 0.337 e. The Bertz CT molecular complexity index is 845. The van der Waals surface area contributed by atoms with Crippen molar-refractivity contribution in [3.63, 3.8) is 0 Å². The number of hydrogen-bond acceptors (Lipinski definition) is 6. The molecule has 146 valence electrons. The van der Waals surface area contributed by atoms with Gasteiger partial charge in [0.05, 0.1) is 12.7 Å².